The van der Waals surface area contributed by atoms with Crippen LogP contribution in [-0.4, -0.2) is 60.8 Å². The van der Waals surface area contributed by atoms with Crippen molar-refractivity contribution in [2.45, 2.75) is 32.1 Å². The van der Waals surface area contributed by atoms with Crippen LogP contribution in [0.25, 0.3) is 0 Å². The Morgan fingerprint density at radius 1 is 1.20 bits per heavy atom. The normalized spacial score (nSPS) is 21.2. The Bertz CT molecular complexity index is 756. The quantitative estimate of drug-likeness (QED) is 0.824. The van der Waals surface area contributed by atoms with E-state index in [1.165, 1.54) is 28.6 Å². The number of benzene rings is 1. The third-order valence-electron chi connectivity index (χ3n) is 4.74. The molecule has 8 heteroatoms. The van der Waals surface area contributed by atoms with Gasteiger partial charge in [0.05, 0.1) is 10.3 Å². The van der Waals surface area contributed by atoms with Crippen molar-refractivity contribution in [2.24, 2.45) is 5.41 Å². The highest BCUT2D eigenvalue weighted by Crippen LogP contribution is 2.33. The van der Waals surface area contributed by atoms with E-state index in [1.807, 2.05) is 13.8 Å². The van der Waals surface area contributed by atoms with Gasteiger partial charge in [0.15, 0.2) is 0 Å². The van der Waals surface area contributed by atoms with Crippen LogP contribution in [0.4, 0.5) is 0 Å². The Kier molecular flexibility index (Phi) is 5.53. The van der Waals surface area contributed by atoms with Crippen LogP contribution < -0.4 is 0 Å². The first-order valence-corrected chi connectivity index (χ1v) is 9.72. The fourth-order valence-corrected chi connectivity index (χ4v) is 4.48. The van der Waals surface area contributed by atoms with Crippen LogP contribution in [0.5, 0.6) is 0 Å². The van der Waals surface area contributed by atoms with E-state index in [1.54, 1.807) is 11.8 Å². The predicted octanol–water partition coefficient (Wildman–Crippen LogP) is 1.65. The molecular formula is C17H24N2O5S. The summed E-state index contributed by atoms with van der Waals surface area (Å²) < 4.78 is 26.6. The maximum Gasteiger partial charge on any atom is 0.310 e. The minimum Gasteiger partial charge on any atom is -0.481 e. The van der Waals surface area contributed by atoms with Gasteiger partial charge >= 0.3 is 5.97 Å². The second-order valence-corrected chi connectivity index (χ2v) is 8.39. The van der Waals surface area contributed by atoms with Gasteiger partial charge in [-0.05, 0) is 51.5 Å². The lowest BCUT2D eigenvalue weighted by Crippen LogP contribution is -2.35. The molecule has 1 amide bonds. The largest absolute Gasteiger partial charge is 0.481 e. The number of carboxylic acid groups (broad SMARTS) is 1. The topological polar surface area (TPSA) is 95.0 Å². The smallest absolute Gasteiger partial charge is 0.310 e. The fourth-order valence-electron chi connectivity index (χ4n) is 2.91. The molecule has 1 atom stereocenters. The molecule has 0 spiro atoms. The zero-order valence-corrected chi connectivity index (χ0v) is 15.5. The van der Waals surface area contributed by atoms with Gasteiger partial charge in [0.25, 0.3) is 5.91 Å². The average molecular weight is 368 g/mol. The molecular weight excluding hydrogens is 344 g/mol. The molecule has 0 aliphatic carbocycles. The average Bonchev–Trinajstić information content (AvgIpc) is 3.00. The summed E-state index contributed by atoms with van der Waals surface area (Å²) in [5.74, 6) is -1.14. The Hall–Kier alpha value is -1.93. The molecule has 1 fully saturated rings. The number of carboxylic acids is 1. The van der Waals surface area contributed by atoms with Crippen LogP contribution in [0.3, 0.4) is 0 Å². The minimum absolute atomic E-state index is 0.0508. The van der Waals surface area contributed by atoms with Crippen molar-refractivity contribution < 1.29 is 23.1 Å². The number of sulfonamides is 1. The Morgan fingerprint density at radius 2 is 1.76 bits per heavy atom. The standard InChI is InChI=1S/C17H24N2O5S/c1-4-18(5-2)15(20)13-6-8-14(9-7-13)25(23,24)19-11-10-17(3,12-19)16(21)22/h6-9H,4-5,10-12H2,1-3H3,(H,21,22). The van der Waals surface area contributed by atoms with Gasteiger partial charge in [-0.1, -0.05) is 0 Å². The van der Waals surface area contributed by atoms with Crippen LogP contribution in [0, 0.1) is 5.41 Å². The second kappa shape index (κ2) is 7.13. The van der Waals surface area contributed by atoms with Gasteiger partial charge in [-0.2, -0.15) is 4.31 Å². The van der Waals surface area contributed by atoms with Gasteiger partial charge in [0.2, 0.25) is 10.0 Å². The lowest BCUT2D eigenvalue weighted by molar-refractivity contribution is -0.146. The number of amides is 1. The van der Waals surface area contributed by atoms with E-state index >= 15 is 0 Å². The Morgan fingerprint density at radius 3 is 2.20 bits per heavy atom. The first kappa shape index (κ1) is 19.4. The van der Waals surface area contributed by atoms with E-state index in [9.17, 15) is 23.1 Å². The lowest BCUT2D eigenvalue weighted by atomic mass is 9.90. The summed E-state index contributed by atoms with van der Waals surface area (Å²) in [5.41, 5.74) is -0.634. The summed E-state index contributed by atoms with van der Waals surface area (Å²) in [6, 6.07) is 5.81. The summed E-state index contributed by atoms with van der Waals surface area (Å²) in [7, 11) is -3.77. The highest BCUT2D eigenvalue weighted by molar-refractivity contribution is 7.89. The van der Waals surface area contributed by atoms with Gasteiger partial charge in [-0.25, -0.2) is 8.42 Å². The molecule has 1 saturated heterocycles. The summed E-state index contributed by atoms with van der Waals surface area (Å²) in [5, 5.41) is 9.26. The highest BCUT2D eigenvalue weighted by Gasteiger charge is 2.44. The van der Waals surface area contributed by atoms with E-state index in [0.29, 0.717) is 18.7 Å². The van der Waals surface area contributed by atoms with Crippen molar-refractivity contribution in [3.63, 3.8) is 0 Å². The Labute approximate surface area is 148 Å². The number of hydrogen-bond acceptors (Lipinski definition) is 4. The third kappa shape index (κ3) is 3.69. The van der Waals surface area contributed by atoms with Crippen LogP contribution in [-0.2, 0) is 14.8 Å². The van der Waals surface area contributed by atoms with Crippen molar-refractivity contribution in [3.8, 4) is 0 Å². The second-order valence-electron chi connectivity index (χ2n) is 6.46. The first-order valence-electron chi connectivity index (χ1n) is 8.28. The molecule has 2 rings (SSSR count). The van der Waals surface area contributed by atoms with Crippen LogP contribution in [0.1, 0.15) is 37.6 Å². The van der Waals surface area contributed by atoms with E-state index in [0.717, 1.165) is 0 Å². The molecule has 0 bridgehead atoms. The molecule has 138 valence electrons. The highest BCUT2D eigenvalue weighted by atomic mass is 32.2. The molecule has 1 aliphatic heterocycles. The molecule has 1 aromatic carbocycles. The minimum atomic E-state index is -3.77. The summed E-state index contributed by atoms with van der Waals surface area (Å²) >= 11 is 0. The first-order chi connectivity index (χ1) is 11.7. The predicted molar refractivity (Wildman–Crippen MR) is 92.8 cm³/mol. The summed E-state index contributed by atoms with van der Waals surface area (Å²) in [4.78, 5) is 25.3. The molecule has 1 heterocycles. The molecule has 25 heavy (non-hydrogen) atoms. The lowest BCUT2D eigenvalue weighted by Gasteiger charge is -2.21. The molecule has 1 aromatic rings. The van der Waals surface area contributed by atoms with Gasteiger partial charge < -0.3 is 10.0 Å². The van der Waals surface area contributed by atoms with Crippen molar-refractivity contribution in [1.29, 1.82) is 0 Å². The van der Waals surface area contributed by atoms with E-state index < -0.39 is 21.4 Å². The molecule has 0 radical (unpaired) electrons. The maximum atomic E-state index is 12.7. The number of rotatable bonds is 6. The Balaban J connectivity index is 2.22. The SMILES string of the molecule is CCN(CC)C(=O)c1ccc(S(=O)(=O)N2CCC(C)(C(=O)O)C2)cc1. The molecule has 7 nitrogen and oxygen atoms in total. The van der Waals surface area contributed by atoms with E-state index in [2.05, 4.69) is 0 Å². The number of aliphatic carboxylic acids is 1. The molecule has 1 aliphatic rings. The third-order valence-corrected chi connectivity index (χ3v) is 6.60. The summed E-state index contributed by atoms with van der Waals surface area (Å²) in [6.07, 6.45) is 0.278. The van der Waals surface area contributed by atoms with Crippen molar-refractivity contribution >= 4 is 21.9 Å². The van der Waals surface area contributed by atoms with Crippen LogP contribution in [0.2, 0.25) is 0 Å². The number of carbonyl (C=O) groups is 2. The fraction of sp³-hybridized carbons (Fsp3) is 0.529. The van der Waals surface area contributed by atoms with E-state index in [4.69, 9.17) is 0 Å². The molecule has 0 saturated carbocycles. The molecule has 1 unspecified atom stereocenters. The number of hydrogen-bond donors (Lipinski definition) is 1. The monoisotopic (exact) mass is 368 g/mol. The van der Waals surface area contributed by atoms with E-state index in [-0.39, 0.29) is 30.3 Å². The molecule has 1 N–H and O–H groups in total. The van der Waals surface area contributed by atoms with Crippen LogP contribution in [0.15, 0.2) is 29.2 Å². The van der Waals surface area contributed by atoms with Crippen LogP contribution >= 0.6 is 0 Å². The van der Waals surface area contributed by atoms with Crippen molar-refractivity contribution in [1.82, 2.24) is 9.21 Å². The maximum absolute atomic E-state index is 12.7. The van der Waals surface area contributed by atoms with Gasteiger partial charge in [0.1, 0.15) is 0 Å². The van der Waals surface area contributed by atoms with Crippen molar-refractivity contribution in [2.75, 3.05) is 26.2 Å². The van der Waals surface area contributed by atoms with Crippen molar-refractivity contribution in [3.05, 3.63) is 29.8 Å². The zero-order chi connectivity index (χ0) is 18.8. The van der Waals surface area contributed by atoms with Gasteiger partial charge in [0, 0.05) is 31.7 Å². The van der Waals surface area contributed by atoms with Gasteiger partial charge in [-0.15, -0.1) is 0 Å². The zero-order valence-electron chi connectivity index (χ0n) is 14.7. The van der Waals surface area contributed by atoms with Gasteiger partial charge in [-0.3, -0.25) is 9.59 Å². The summed E-state index contributed by atoms with van der Waals surface area (Å²) in [6.45, 7) is 6.60. The number of carbonyl (C=O) groups excluding carboxylic acids is 1. The number of nitrogens with zero attached hydrogens (tertiary/aromatic N) is 2. The molecule has 0 aromatic heterocycles.